The number of aliphatic imine (C=N–C) groups is 1. The van der Waals surface area contributed by atoms with E-state index in [4.69, 9.17) is 26.6 Å². The number of ether oxygens (including phenoxy) is 1. The number of nitrogen functional groups attached to an aromatic ring is 1. The molecule has 4 rings (SSSR count). The lowest BCUT2D eigenvalue weighted by Crippen LogP contribution is -2.39. The van der Waals surface area contributed by atoms with Gasteiger partial charge in [-0.25, -0.2) is 14.4 Å². The molecule has 0 aliphatic carbocycles. The van der Waals surface area contributed by atoms with Crippen LogP contribution in [0.2, 0.25) is 0 Å². The lowest BCUT2D eigenvalue weighted by molar-refractivity contribution is 0.122. The van der Waals surface area contributed by atoms with Gasteiger partial charge in [-0.1, -0.05) is 22.8 Å². The minimum atomic E-state index is -1.87. The Morgan fingerprint density at radius 1 is 1.28 bits per heavy atom. The van der Waals surface area contributed by atoms with Crippen molar-refractivity contribution in [2.75, 3.05) is 12.3 Å². The van der Waals surface area contributed by atoms with E-state index in [2.05, 4.69) is 20.1 Å². The Kier molecular flexibility index (Phi) is 5.26. The Labute approximate surface area is 171 Å². The molecular weight excluding hydrogens is 397 g/mol. The summed E-state index contributed by atoms with van der Waals surface area (Å²) in [6.07, 6.45) is 8.06. The molecule has 29 heavy (non-hydrogen) atoms. The molecule has 2 atom stereocenters. The normalized spacial score (nSPS) is 20.7. The average molecular weight is 414 g/mol. The zero-order chi connectivity index (χ0) is 20.3. The molecule has 4 heterocycles. The number of hydrogen-bond donors (Lipinski definition) is 1. The number of hydrogen-bond acceptors (Lipinski definition) is 7. The summed E-state index contributed by atoms with van der Waals surface area (Å²) >= 11 is 5.91. The summed E-state index contributed by atoms with van der Waals surface area (Å²) in [5, 5.41) is 4.06. The summed E-state index contributed by atoms with van der Waals surface area (Å²) < 4.78 is 25.5. The smallest absolute Gasteiger partial charge is 0.213 e. The Morgan fingerprint density at radius 3 is 2.93 bits per heavy atom. The largest absolute Gasteiger partial charge is 0.474 e. The van der Waals surface area contributed by atoms with E-state index in [9.17, 15) is 4.39 Å². The monoisotopic (exact) mass is 413 g/mol. The number of rotatable bonds is 6. The van der Waals surface area contributed by atoms with E-state index in [1.807, 2.05) is 12.1 Å². The fraction of sp³-hybridized carbons (Fsp3) is 0.200. The number of halogens is 2. The Hall–Kier alpha value is -3.26. The SMILES string of the molecule is Nc1ncccc1-c1cc(Cc2ccc(OCC3(F)C=CC=NC3Cl)nc2)no1. The summed E-state index contributed by atoms with van der Waals surface area (Å²) in [5.41, 5.74) is 5.26. The average Bonchev–Trinajstić information content (AvgIpc) is 3.18. The summed E-state index contributed by atoms with van der Waals surface area (Å²) in [4.78, 5) is 12.1. The van der Waals surface area contributed by atoms with E-state index >= 15 is 0 Å². The number of alkyl halides is 2. The Bertz CT molecular complexity index is 1050. The predicted molar refractivity (Wildman–Crippen MR) is 108 cm³/mol. The van der Waals surface area contributed by atoms with Crippen molar-refractivity contribution in [2.24, 2.45) is 4.99 Å². The van der Waals surface area contributed by atoms with E-state index in [1.54, 1.807) is 30.6 Å². The molecule has 148 valence electrons. The summed E-state index contributed by atoms with van der Waals surface area (Å²) in [6.45, 7) is -0.277. The second-order valence-electron chi connectivity index (χ2n) is 6.51. The molecule has 3 aromatic rings. The van der Waals surface area contributed by atoms with Crippen molar-refractivity contribution in [1.82, 2.24) is 15.1 Å². The standard InChI is InChI=1S/C20H17ClFN5O2/c21-19-20(22,6-2-8-25-19)12-28-17-5-4-13(11-26-17)9-14-10-16(29-27-14)15-3-1-7-24-18(15)23/h1-8,10-11,19H,9,12H2,(H2,23,24). The van der Waals surface area contributed by atoms with Crippen LogP contribution in [-0.4, -0.2) is 39.1 Å². The van der Waals surface area contributed by atoms with Crippen LogP contribution >= 0.6 is 11.6 Å². The van der Waals surface area contributed by atoms with Crippen molar-refractivity contribution in [1.29, 1.82) is 0 Å². The van der Waals surface area contributed by atoms with Crippen LogP contribution in [0.15, 0.2) is 64.4 Å². The molecule has 0 spiro atoms. The zero-order valence-corrected chi connectivity index (χ0v) is 16.0. The number of nitrogens with two attached hydrogens (primary N) is 1. The molecule has 0 fully saturated rings. The molecule has 0 bridgehead atoms. The van der Waals surface area contributed by atoms with Crippen molar-refractivity contribution in [3.05, 3.63) is 66.1 Å². The van der Waals surface area contributed by atoms with Crippen LogP contribution in [0.1, 0.15) is 11.3 Å². The maximum Gasteiger partial charge on any atom is 0.213 e. The van der Waals surface area contributed by atoms with Crippen molar-refractivity contribution in [3.8, 4) is 17.2 Å². The van der Waals surface area contributed by atoms with E-state index < -0.39 is 11.2 Å². The summed E-state index contributed by atoms with van der Waals surface area (Å²) in [5.74, 6) is 1.22. The summed E-state index contributed by atoms with van der Waals surface area (Å²) in [6, 6.07) is 8.89. The van der Waals surface area contributed by atoms with Crippen LogP contribution in [0.25, 0.3) is 11.3 Å². The van der Waals surface area contributed by atoms with Gasteiger partial charge in [-0.15, -0.1) is 0 Å². The van der Waals surface area contributed by atoms with Gasteiger partial charge in [-0.2, -0.15) is 0 Å². The molecule has 0 aromatic carbocycles. The number of anilines is 1. The molecule has 0 amide bonds. The van der Waals surface area contributed by atoms with Gasteiger partial charge in [-0.05, 0) is 29.8 Å². The van der Waals surface area contributed by atoms with Crippen molar-refractivity contribution >= 4 is 23.6 Å². The van der Waals surface area contributed by atoms with Crippen LogP contribution in [0.4, 0.5) is 10.2 Å². The molecule has 9 heteroatoms. The predicted octanol–water partition coefficient (Wildman–Crippen LogP) is 3.60. The third-order valence-electron chi connectivity index (χ3n) is 4.36. The van der Waals surface area contributed by atoms with Gasteiger partial charge >= 0.3 is 0 Å². The van der Waals surface area contributed by atoms with Crippen LogP contribution in [0.5, 0.6) is 5.88 Å². The fourth-order valence-electron chi connectivity index (χ4n) is 2.79. The fourth-order valence-corrected chi connectivity index (χ4v) is 2.99. The highest BCUT2D eigenvalue weighted by molar-refractivity contribution is 6.22. The number of pyridine rings is 2. The minimum absolute atomic E-state index is 0.277. The number of allylic oxidation sites excluding steroid dienone is 1. The Balaban J connectivity index is 1.38. The second kappa shape index (κ2) is 8.00. The van der Waals surface area contributed by atoms with Crippen LogP contribution in [0, 0.1) is 0 Å². The van der Waals surface area contributed by atoms with Gasteiger partial charge < -0.3 is 15.0 Å². The quantitative estimate of drug-likeness (QED) is 0.489. The number of aromatic nitrogens is 3. The lowest BCUT2D eigenvalue weighted by atomic mass is 10.1. The van der Waals surface area contributed by atoms with Gasteiger partial charge in [0.05, 0.1) is 11.3 Å². The highest BCUT2D eigenvalue weighted by Crippen LogP contribution is 2.28. The van der Waals surface area contributed by atoms with E-state index in [0.717, 1.165) is 11.3 Å². The van der Waals surface area contributed by atoms with E-state index in [1.165, 1.54) is 18.4 Å². The van der Waals surface area contributed by atoms with Crippen molar-refractivity contribution in [3.63, 3.8) is 0 Å². The van der Waals surface area contributed by atoms with Crippen LogP contribution in [0.3, 0.4) is 0 Å². The first-order valence-electron chi connectivity index (χ1n) is 8.82. The highest BCUT2D eigenvalue weighted by atomic mass is 35.5. The molecule has 2 unspecified atom stereocenters. The lowest BCUT2D eigenvalue weighted by Gasteiger charge is -2.25. The third kappa shape index (κ3) is 4.27. The van der Waals surface area contributed by atoms with E-state index in [-0.39, 0.29) is 6.61 Å². The first-order valence-corrected chi connectivity index (χ1v) is 9.25. The molecular formula is C20H17ClFN5O2. The van der Waals surface area contributed by atoms with Crippen molar-refractivity contribution < 1.29 is 13.7 Å². The molecule has 1 aliphatic heterocycles. The topological polar surface area (TPSA) is 99.4 Å². The third-order valence-corrected chi connectivity index (χ3v) is 4.83. The highest BCUT2D eigenvalue weighted by Gasteiger charge is 2.37. The van der Waals surface area contributed by atoms with Crippen LogP contribution in [-0.2, 0) is 6.42 Å². The molecule has 2 N–H and O–H groups in total. The number of dihydropyridines is 1. The maximum atomic E-state index is 14.7. The molecule has 0 saturated heterocycles. The van der Waals surface area contributed by atoms with Gasteiger partial charge in [0.25, 0.3) is 0 Å². The first-order chi connectivity index (χ1) is 14.0. The molecule has 7 nitrogen and oxygen atoms in total. The number of nitrogens with zero attached hydrogens (tertiary/aromatic N) is 4. The zero-order valence-electron chi connectivity index (χ0n) is 15.2. The second-order valence-corrected chi connectivity index (χ2v) is 6.92. The maximum absolute atomic E-state index is 14.7. The minimum Gasteiger partial charge on any atom is -0.474 e. The Morgan fingerprint density at radius 2 is 2.17 bits per heavy atom. The molecule has 0 radical (unpaired) electrons. The van der Waals surface area contributed by atoms with Gasteiger partial charge in [0, 0.05) is 37.2 Å². The van der Waals surface area contributed by atoms with E-state index in [0.29, 0.717) is 29.4 Å². The summed E-state index contributed by atoms with van der Waals surface area (Å²) in [7, 11) is 0. The van der Waals surface area contributed by atoms with Gasteiger partial charge in [0.15, 0.2) is 16.9 Å². The van der Waals surface area contributed by atoms with Crippen LogP contribution < -0.4 is 10.5 Å². The molecule has 1 aliphatic rings. The first kappa shape index (κ1) is 19.1. The van der Waals surface area contributed by atoms with Gasteiger partial charge in [0.2, 0.25) is 5.88 Å². The van der Waals surface area contributed by atoms with Gasteiger partial charge in [-0.3, -0.25) is 4.99 Å². The van der Waals surface area contributed by atoms with Gasteiger partial charge in [0.1, 0.15) is 12.4 Å². The molecule has 0 saturated carbocycles. The molecule has 3 aromatic heterocycles. The van der Waals surface area contributed by atoms with Crippen molar-refractivity contribution in [2.45, 2.75) is 17.6 Å².